The highest BCUT2D eigenvalue weighted by molar-refractivity contribution is 9.10. The third kappa shape index (κ3) is 4.55. The molecule has 0 amide bonds. The number of nitrogens with zero attached hydrogens (tertiary/aromatic N) is 2. The molecule has 1 aromatic carbocycles. The van der Waals surface area contributed by atoms with E-state index in [1.165, 1.54) is 0 Å². The van der Waals surface area contributed by atoms with Crippen LogP contribution >= 0.6 is 15.9 Å². The lowest BCUT2D eigenvalue weighted by Crippen LogP contribution is -2.01. The molecule has 0 saturated heterocycles. The van der Waals surface area contributed by atoms with Crippen molar-refractivity contribution in [3.05, 3.63) is 34.4 Å². The normalized spacial score (nSPS) is 9.64. The van der Waals surface area contributed by atoms with E-state index in [4.69, 9.17) is 14.3 Å². The number of hydrogen-bond donors (Lipinski definition) is 0. The number of aromatic nitrogens is 2. The number of rotatable bonds is 5. The van der Waals surface area contributed by atoms with Crippen molar-refractivity contribution in [1.82, 2.24) is 9.78 Å². The van der Waals surface area contributed by atoms with Crippen LogP contribution < -0.4 is 4.74 Å². The van der Waals surface area contributed by atoms with Gasteiger partial charge in [0, 0.05) is 16.6 Å². The van der Waals surface area contributed by atoms with Crippen molar-refractivity contribution in [2.75, 3.05) is 6.61 Å². The molecule has 0 unspecified atom stereocenters. The van der Waals surface area contributed by atoms with Gasteiger partial charge < -0.3 is 4.74 Å². The minimum absolute atomic E-state index is 0.250. The Kier molecular flexibility index (Phi) is 7.57. The fourth-order valence-electron chi connectivity index (χ4n) is 2.08. The summed E-state index contributed by atoms with van der Waals surface area (Å²) in [4.78, 5) is 16.2. The molecular formula is C16H19BrN2O3. The molecule has 1 aromatic heterocycles. The van der Waals surface area contributed by atoms with Crippen molar-refractivity contribution in [2.45, 2.75) is 33.7 Å². The molecule has 5 nitrogen and oxygen atoms in total. The van der Waals surface area contributed by atoms with Gasteiger partial charge in [-0.3, -0.25) is 4.68 Å². The van der Waals surface area contributed by atoms with Crippen LogP contribution in [-0.2, 0) is 22.6 Å². The van der Waals surface area contributed by atoms with Crippen LogP contribution in [0, 0.1) is 0 Å². The molecule has 0 atom stereocenters. The van der Waals surface area contributed by atoms with Crippen LogP contribution in [0.25, 0.3) is 11.3 Å². The number of ether oxygens (including phenoxy) is 1. The third-order valence-corrected chi connectivity index (χ3v) is 3.51. The Morgan fingerprint density at radius 3 is 2.45 bits per heavy atom. The first kappa shape index (κ1) is 18.1. The van der Waals surface area contributed by atoms with Crippen LogP contribution in [0.4, 0.5) is 0 Å². The second kappa shape index (κ2) is 9.18. The Bertz CT molecular complexity index is 647. The van der Waals surface area contributed by atoms with Crippen LogP contribution in [0.5, 0.6) is 5.75 Å². The molecule has 0 N–H and O–H groups in total. The van der Waals surface area contributed by atoms with Crippen molar-refractivity contribution in [1.29, 1.82) is 0 Å². The van der Waals surface area contributed by atoms with Gasteiger partial charge in [0.25, 0.3) is 0 Å². The average molecular weight is 367 g/mol. The highest BCUT2D eigenvalue weighted by Crippen LogP contribution is 2.33. The van der Waals surface area contributed by atoms with Gasteiger partial charge >= 0.3 is 6.15 Å². The lowest BCUT2D eigenvalue weighted by molar-refractivity contribution is -0.191. The first-order valence-corrected chi connectivity index (χ1v) is 7.89. The predicted octanol–water partition coefficient (Wildman–Crippen LogP) is 3.71. The number of aryl methyl sites for hydroxylation is 2. The highest BCUT2D eigenvalue weighted by atomic mass is 79.9. The SMILES string of the molecule is CCOc1cc(Br)ccc1-c1cc(CC)nn1CC.O=C=O. The molecule has 0 aliphatic heterocycles. The third-order valence-electron chi connectivity index (χ3n) is 3.01. The van der Waals surface area contributed by atoms with Crippen molar-refractivity contribution in [3.63, 3.8) is 0 Å². The molecule has 0 aliphatic carbocycles. The first-order chi connectivity index (χ1) is 10.6. The zero-order valence-electron chi connectivity index (χ0n) is 12.9. The van der Waals surface area contributed by atoms with Gasteiger partial charge in [-0.05, 0) is 44.5 Å². The largest absolute Gasteiger partial charge is 0.493 e. The van der Waals surface area contributed by atoms with Crippen molar-refractivity contribution >= 4 is 22.1 Å². The molecule has 2 rings (SSSR count). The van der Waals surface area contributed by atoms with E-state index >= 15 is 0 Å². The molecule has 0 fully saturated rings. The lowest BCUT2D eigenvalue weighted by atomic mass is 10.1. The predicted molar refractivity (Wildman–Crippen MR) is 86.6 cm³/mol. The number of benzene rings is 1. The van der Waals surface area contributed by atoms with E-state index in [0.717, 1.165) is 40.1 Å². The number of hydrogen-bond acceptors (Lipinski definition) is 4. The maximum absolute atomic E-state index is 8.12. The molecular weight excluding hydrogens is 348 g/mol. The Labute approximate surface area is 138 Å². The Morgan fingerprint density at radius 1 is 1.23 bits per heavy atom. The molecule has 0 bridgehead atoms. The summed E-state index contributed by atoms with van der Waals surface area (Å²) in [6, 6.07) is 8.28. The van der Waals surface area contributed by atoms with Crippen molar-refractivity contribution in [2.24, 2.45) is 0 Å². The van der Waals surface area contributed by atoms with Gasteiger partial charge in [-0.2, -0.15) is 14.7 Å². The zero-order chi connectivity index (χ0) is 16.5. The number of halogens is 1. The fourth-order valence-corrected chi connectivity index (χ4v) is 2.42. The first-order valence-electron chi connectivity index (χ1n) is 7.09. The molecule has 0 spiro atoms. The standard InChI is InChI=1S/C15H19BrN2O.CO2/c1-4-12-10-14(18(5-2)17-12)13-8-7-11(16)9-15(13)19-6-3;2-1-3/h7-10H,4-6H2,1-3H3;. The Hall–Kier alpha value is -1.91. The second-order valence-electron chi connectivity index (χ2n) is 4.35. The molecule has 0 radical (unpaired) electrons. The summed E-state index contributed by atoms with van der Waals surface area (Å²) >= 11 is 3.49. The molecule has 118 valence electrons. The van der Waals surface area contributed by atoms with Gasteiger partial charge in [0.2, 0.25) is 0 Å². The van der Waals surface area contributed by atoms with Gasteiger partial charge in [0.15, 0.2) is 0 Å². The van der Waals surface area contributed by atoms with Gasteiger partial charge in [-0.15, -0.1) is 0 Å². The maximum atomic E-state index is 8.12. The smallest absolute Gasteiger partial charge is 0.373 e. The summed E-state index contributed by atoms with van der Waals surface area (Å²) in [6.45, 7) is 7.74. The summed E-state index contributed by atoms with van der Waals surface area (Å²) in [7, 11) is 0. The van der Waals surface area contributed by atoms with E-state index in [9.17, 15) is 0 Å². The Balaban J connectivity index is 0.000000745. The summed E-state index contributed by atoms with van der Waals surface area (Å²) < 4.78 is 8.80. The van der Waals surface area contributed by atoms with E-state index in [1.807, 2.05) is 23.7 Å². The van der Waals surface area contributed by atoms with Gasteiger partial charge in [0.1, 0.15) is 5.75 Å². The van der Waals surface area contributed by atoms with E-state index in [2.05, 4.69) is 47.0 Å². The molecule has 22 heavy (non-hydrogen) atoms. The minimum Gasteiger partial charge on any atom is -0.493 e. The minimum atomic E-state index is 0.250. The monoisotopic (exact) mass is 366 g/mol. The summed E-state index contributed by atoms with van der Waals surface area (Å²) in [5, 5.41) is 4.60. The number of carbonyl (C=O) groups excluding carboxylic acids is 2. The zero-order valence-corrected chi connectivity index (χ0v) is 14.5. The lowest BCUT2D eigenvalue weighted by Gasteiger charge is -2.11. The summed E-state index contributed by atoms with van der Waals surface area (Å²) in [5.74, 6) is 0.897. The maximum Gasteiger partial charge on any atom is 0.373 e. The van der Waals surface area contributed by atoms with Gasteiger partial charge in [-0.1, -0.05) is 22.9 Å². The van der Waals surface area contributed by atoms with Gasteiger partial charge in [0.05, 0.1) is 18.0 Å². The van der Waals surface area contributed by atoms with Crippen LogP contribution in [0.2, 0.25) is 0 Å². The van der Waals surface area contributed by atoms with Crippen LogP contribution in [0.15, 0.2) is 28.7 Å². The molecule has 1 heterocycles. The molecule has 6 heteroatoms. The Morgan fingerprint density at radius 2 is 1.91 bits per heavy atom. The van der Waals surface area contributed by atoms with Crippen LogP contribution in [0.1, 0.15) is 26.5 Å². The molecule has 0 aliphatic rings. The topological polar surface area (TPSA) is 61.2 Å². The summed E-state index contributed by atoms with van der Waals surface area (Å²) in [6.07, 6.45) is 1.19. The van der Waals surface area contributed by atoms with Crippen LogP contribution in [0.3, 0.4) is 0 Å². The fraction of sp³-hybridized carbons (Fsp3) is 0.375. The van der Waals surface area contributed by atoms with E-state index in [0.29, 0.717) is 6.61 Å². The average Bonchev–Trinajstić information content (AvgIpc) is 2.92. The van der Waals surface area contributed by atoms with E-state index < -0.39 is 0 Å². The highest BCUT2D eigenvalue weighted by Gasteiger charge is 2.13. The quantitative estimate of drug-likeness (QED) is 0.808. The van der Waals surface area contributed by atoms with Gasteiger partial charge in [-0.25, -0.2) is 0 Å². The van der Waals surface area contributed by atoms with Crippen LogP contribution in [-0.4, -0.2) is 22.5 Å². The molecule has 2 aromatic rings. The molecule has 0 saturated carbocycles. The second-order valence-corrected chi connectivity index (χ2v) is 5.26. The van der Waals surface area contributed by atoms with Crippen molar-refractivity contribution < 1.29 is 14.3 Å². The van der Waals surface area contributed by atoms with E-state index in [-0.39, 0.29) is 6.15 Å². The van der Waals surface area contributed by atoms with E-state index in [1.54, 1.807) is 0 Å². The summed E-state index contributed by atoms with van der Waals surface area (Å²) in [5.41, 5.74) is 3.33. The van der Waals surface area contributed by atoms with Crippen molar-refractivity contribution in [3.8, 4) is 17.0 Å².